The molecule has 0 saturated carbocycles. The summed E-state index contributed by atoms with van der Waals surface area (Å²) >= 11 is 1.71. The van der Waals surface area contributed by atoms with Crippen LogP contribution < -0.4 is 4.74 Å². The van der Waals surface area contributed by atoms with E-state index in [0.717, 1.165) is 67.1 Å². The Kier molecular flexibility index (Phi) is 8.27. The molecule has 0 radical (unpaired) electrons. The number of aryl methyl sites for hydroxylation is 3. The molecule has 5 aromatic rings. The molecule has 0 aliphatic heterocycles. The second kappa shape index (κ2) is 12.2. The highest BCUT2D eigenvalue weighted by atomic mass is 32.2. The van der Waals surface area contributed by atoms with Gasteiger partial charge in [-0.05, 0) is 85.5 Å². The third kappa shape index (κ3) is 6.58. The Morgan fingerprint density at radius 3 is 1.77 bits per heavy atom. The van der Waals surface area contributed by atoms with Gasteiger partial charge in [0.05, 0.1) is 0 Å². The average Bonchev–Trinajstić information content (AvgIpc) is 3.59. The Morgan fingerprint density at radius 1 is 0.775 bits per heavy atom. The van der Waals surface area contributed by atoms with E-state index in [9.17, 15) is 4.79 Å². The van der Waals surface area contributed by atoms with Crippen LogP contribution in [0.3, 0.4) is 0 Å². The highest BCUT2D eigenvalue weighted by Gasteiger charge is 2.10. The van der Waals surface area contributed by atoms with Gasteiger partial charge in [0.15, 0.2) is 6.61 Å². The highest BCUT2D eigenvalue weighted by molar-refractivity contribution is 7.99. The van der Waals surface area contributed by atoms with Gasteiger partial charge in [-0.1, -0.05) is 54.6 Å². The minimum absolute atomic E-state index is 0.351. The number of aliphatic carboxylic acids is 1. The van der Waals surface area contributed by atoms with Gasteiger partial charge in [-0.25, -0.2) is 4.79 Å². The van der Waals surface area contributed by atoms with Crippen molar-refractivity contribution in [3.05, 3.63) is 125 Å². The summed E-state index contributed by atoms with van der Waals surface area (Å²) in [6, 6.07) is 30.6. The molecule has 5 rings (SSSR count). The van der Waals surface area contributed by atoms with Crippen molar-refractivity contribution >= 4 is 23.3 Å². The highest BCUT2D eigenvalue weighted by Crippen LogP contribution is 2.32. The Morgan fingerprint density at radius 2 is 1.32 bits per heavy atom. The zero-order valence-corrected chi connectivity index (χ0v) is 23.5. The molecule has 2 heterocycles. The molecule has 0 fully saturated rings. The van der Waals surface area contributed by atoms with Crippen LogP contribution in [0.15, 0.2) is 111 Å². The van der Waals surface area contributed by atoms with Gasteiger partial charge in [0.1, 0.15) is 28.8 Å². The molecule has 6 heteroatoms. The number of thioether (sulfide) groups is 1. The second-order valence-corrected chi connectivity index (χ2v) is 10.6. The topological polar surface area (TPSA) is 72.8 Å². The van der Waals surface area contributed by atoms with Crippen LogP contribution in [0.1, 0.15) is 28.2 Å². The first-order valence-electron chi connectivity index (χ1n) is 13.0. The van der Waals surface area contributed by atoms with E-state index in [-0.39, 0.29) is 6.61 Å². The number of carboxylic acids is 1. The standard InChI is InChI=1S/C34H30O5S/c1-22-20-29(14-17-31(22)37-21-34(35)36)40-19-18-30(25-6-10-27(11-7-25)32-15-4-23(2)38-32)26-8-12-28(13-9-26)33-16-5-24(3)39-33/h4-18,20H,19,21H2,1-3H3,(H,35,36). The molecule has 202 valence electrons. The Labute approximate surface area is 238 Å². The third-order valence-corrected chi connectivity index (χ3v) is 7.40. The fourth-order valence-corrected chi connectivity index (χ4v) is 5.31. The maximum Gasteiger partial charge on any atom is 0.341 e. The molecular weight excluding hydrogens is 520 g/mol. The molecule has 0 amide bonds. The minimum atomic E-state index is -0.991. The molecular formula is C34H30O5S. The lowest BCUT2D eigenvalue weighted by Crippen LogP contribution is -2.09. The van der Waals surface area contributed by atoms with E-state index in [1.807, 2.05) is 63.2 Å². The smallest absolute Gasteiger partial charge is 0.341 e. The molecule has 0 aliphatic carbocycles. The van der Waals surface area contributed by atoms with Gasteiger partial charge < -0.3 is 18.7 Å². The summed E-state index contributed by atoms with van der Waals surface area (Å²) in [7, 11) is 0. The summed E-state index contributed by atoms with van der Waals surface area (Å²) in [5.74, 6) is 3.84. The minimum Gasteiger partial charge on any atom is -0.482 e. The van der Waals surface area contributed by atoms with Crippen LogP contribution >= 0.6 is 11.8 Å². The Hall–Kier alpha value is -4.42. The van der Waals surface area contributed by atoms with Gasteiger partial charge in [-0.3, -0.25) is 0 Å². The van der Waals surface area contributed by atoms with Gasteiger partial charge in [0.2, 0.25) is 0 Å². The predicted octanol–water partition coefficient (Wildman–Crippen LogP) is 8.82. The van der Waals surface area contributed by atoms with Crippen LogP contribution in [0, 0.1) is 20.8 Å². The monoisotopic (exact) mass is 550 g/mol. The summed E-state index contributed by atoms with van der Waals surface area (Å²) in [5.41, 5.74) is 6.34. The predicted molar refractivity (Wildman–Crippen MR) is 160 cm³/mol. The molecule has 5 nitrogen and oxygen atoms in total. The van der Waals surface area contributed by atoms with Gasteiger partial charge in [-0.15, -0.1) is 11.8 Å². The first kappa shape index (κ1) is 27.2. The molecule has 0 bridgehead atoms. The van der Waals surface area contributed by atoms with Crippen molar-refractivity contribution in [1.82, 2.24) is 0 Å². The van der Waals surface area contributed by atoms with Crippen molar-refractivity contribution in [2.24, 2.45) is 0 Å². The van der Waals surface area contributed by atoms with Crippen LogP contribution in [0.5, 0.6) is 5.75 Å². The molecule has 0 spiro atoms. The number of ether oxygens (including phenoxy) is 1. The summed E-state index contributed by atoms with van der Waals surface area (Å²) in [6.07, 6.45) is 2.24. The maximum atomic E-state index is 10.8. The summed E-state index contributed by atoms with van der Waals surface area (Å²) in [6.45, 7) is 5.47. The second-order valence-electron chi connectivity index (χ2n) is 9.51. The quantitative estimate of drug-likeness (QED) is 0.175. The van der Waals surface area contributed by atoms with Crippen molar-refractivity contribution < 1.29 is 23.5 Å². The van der Waals surface area contributed by atoms with Gasteiger partial charge in [-0.2, -0.15) is 0 Å². The van der Waals surface area contributed by atoms with Crippen LogP contribution in [0.25, 0.3) is 28.2 Å². The number of rotatable bonds is 10. The largest absolute Gasteiger partial charge is 0.482 e. The fraction of sp³-hybridized carbons (Fsp3) is 0.147. The molecule has 3 aromatic carbocycles. The number of benzene rings is 3. The number of hydrogen-bond acceptors (Lipinski definition) is 5. The van der Waals surface area contributed by atoms with E-state index < -0.39 is 5.97 Å². The van der Waals surface area contributed by atoms with Crippen LogP contribution in [0.2, 0.25) is 0 Å². The number of furan rings is 2. The Balaban J connectivity index is 1.39. The van der Waals surface area contributed by atoms with Crippen LogP contribution in [0.4, 0.5) is 0 Å². The van der Waals surface area contributed by atoms with Crippen molar-refractivity contribution in [2.75, 3.05) is 12.4 Å². The van der Waals surface area contributed by atoms with E-state index in [1.54, 1.807) is 11.8 Å². The van der Waals surface area contributed by atoms with Crippen molar-refractivity contribution in [2.45, 2.75) is 25.7 Å². The SMILES string of the molecule is Cc1ccc(-c2ccc(C(=CCSc3ccc(OCC(=O)O)c(C)c3)c3ccc(-c4ccc(C)o4)cc3)cc2)o1. The first-order chi connectivity index (χ1) is 19.4. The number of carboxylic acid groups (broad SMARTS) is 1. The maximum absolute atomic E-state index is 10.8. The van der Waals surface area contributed by atoms with E-state index in [1.165, 1.54) is 0 Å². The van der Waals surface area contributed by atoms with Crippen LogP contribution in [-0.4, -0.2) is 23.4 Å². The van der Waals surface area contributed by atoms with Crippen molar-refractivity contribution in [3.8, 4) is 28.4 Å². The lowest BCUT2D eigenvalue weighted by molar-refractivity contribution is -0.139. The zero-order chi connectivity index (χ0) is 28.1. The Bertz CT molecular complexity index is 1550. The van der Waals surface area contributed by atoms with E-state index in [0.29, 0.717) is 5.75 Å². The van der Waals surface area contributed by atoms with Gasteiger partial charge in [0, 0.05) is 21.8 Å². The molecule has 1 N–H and O–H groups in total. The van der Waals surface area contributed by atoms with Crippen molar-refractivity contribution in [1.29, 1.82) is 0 Å². The third-order valence-electron chi connectivity index (χ3n) is 6.48. The first-order valence-corrected chi connectivity index (χ1v) is 14.0. The number of hydrogen-bond donors (Lipinski definition) is 1. The lowest BCUT2D eigenvalue weighted by atomic mass is 9.95. The van der Waals surface area contributed by atoms with E-state index in [4.69, 9.17) is 18.7 Å². The molecule has 0 saturated heterocycles. The van der Waals surface area contributed by atoms with Gasteiger partial charge >= 0.3 is 5.97 Å². The van der Waals surface area contributed by atoms with Crippen molar-refractivity contribution in [3.63, 3.8) is 0 Å². The number of carbonyl (C=O) groups is 1. The molecule has 40 heavy (non-hydrogen) atoms. The van der Waals surface area contributed by atoms with E-state index >= 15 is 0 Å². The van der Waals surface area contributed by atoms with Crippen LogP contribution in [-0.2, 0) is 4.79 Å². The molecule has 0 atom stereocenters. The molecule has 0 unspecified atom stereocenters. The zero-order valence-electron chi connectivity index (χ0n) is 22.6. The summed E-state index contributed by atoms with van der Waals surface area (Å²) in [5, 5.41) is 8.88. The fourth-order valence-electron chi connectivity index (χ4n) is 4.44. The molecule has 0 aliphatic rings. The summed E-state index contributed by atoms with van der Waals surface area (Å²) in [4.78, 5) is 11.9. The molecule has 2 aromatic heterocycles. The average molecular weight is 551 g/mol. The van der Waals surface area contributed by atoms with Gasteiger partial charge in [0.25, 0.3) is 0 Å². The van der Waals surface area contributed by atoms with E-state index in [2.05, 4.69) is 54.6 Å². The summed E-state index contributed by atoms with van der Waals surface area (Å²) < 4.78 is 17.0. The lowest BCUT2D eigenvalue weighted by Gasteiger charge is -2.11. The normalized spacial score (nSPS) is 10.9.